The Bertz CT molecular complexity index is 392. The number of rotatable bonds is 1. The summed E-state index contributed by atoms with van der Waals surface area (Å²) < 4.78 is 41.3. The van der Waals surface area contributed by atoms with Gasteiger partial charge in [0.05, 0.1) is 5.48 Å². The largest absolute Gasteiger partial charge is 0.276 e. The average Bonchev–Trinajstić information content (AvgIpc) is 2.11. The molecule has 0 aliphatic carbocycles. The van der Waals surface area contributed by atoms with Gasteiger partial charge in [-0.3, -0.25) is 4.79 Å². The predicted molar refractivity (Wildman–Crippen MR) is 36.6 cm³/mol. The summed E-state index contributed by atoms with van der Waals surface area (Å²) >= 11 is 5.04. The van der Waals surface area contributed by atoms with E-state index in [1.807, 2.05) is 0 Å². The van der Waals surface area contributed by atoms with Crippen molar-refractivity contribution in [2.75, 3.05) is 0 Å². The van der Waals surface area contributed by atoms with E-state index >= 15 is 0 Å². The molecule has 0 amide bonds. The fourth-order valence-corrected chi connectivity index (χ4v) is 0.490. The highest BCUT2D eigenvalue weighted by Gasteiger charge is 1.99. The van der Waals surface area contributed by atoms with Crippen LogP contribution < -0.4 is 0 Å². The maximum Gasteiger partial charge on any atom is 0.252 e. The highest BCUT2D eigenvalue weighted by atomic mass is 35.5. The fourth-order valence-electron chi connectivity index (χ4n) is 0.396. The van der Waals surface area contributed by atoms with Crippen LogP contribution in [-0.4, -0.2) is 5.24 Å². The molecular weight excluding hydrogens is 155 g/mol. The second-order valence-electron chi connectivity index (χ2n) is 1.46. The molecule has 10 heavy (non-hydrogen) atoms. The first-order chi connectivity index (χ1) is 6.37. The van der Waals surface area contributed by atoms with E-state index in [1.54, 1.807) is 0 Å². The van der Waals surface area contributed by atoms with Gasteiger partial charge in [0, 0.05) is 5.56 Å². The van der Waals surface area contributed by atoms with E-state index in [2.05, 4.69) is 0 Å². The molecule has 0 fully saturated rings. The number of hydrogen-bond donors (Lipinski definition) is 0. The summed E-state index contributed by atoms with van der Waals surface area (Å²) in [4.78, 5) is 10.7. The summed E-state index contributed by atoms with van der Waals surface area (Å²) in [6.07, 6.45) is 0. The third-order valence-electron chi connectivity index (χ3n) is 0.791. The van der Waals surface area contributed by atoms with Crippen LogP contribution in [0, 0.1) is 5.82 Å². The van der Waals surface area contributed by atoms with Gasteiger partial charge in [-0.1, -0.05) is 0 Å². The summed E-state index contributed by atoms with van der Waals surface area (Å²) in [5, 5.41) is -1.14. The summed E-state index contributed by atoms with van der Waals surface area (Å²) in [7, 11) is 0. The second kappa shape index (κ2) is 2.80. The number of carbonyl (C=O) groups is 1. The van der Waals surface area contributed by atoms with Crippen LogP contribution in [0.15, 0.2) is 24.2 Å². The Morgan fingerprint density at radius 1 is 1.50 bits per heavy atom. The highest BCUT2D eigenvalue weighted by molar-refractivity contribution is 6.67. The lowest BCUT2D eigenvalue weighted by molar-refractivity contribution is 0.108. The van der Waals surface area contributed by atoms with E-state index in [1.165, 1.54) is 0 Å². The molecular formula is C7H4ClFO. The van der Waals surface area contributed by atoms with Gasteiger partial charge in [-0.05, 0) is 35.8 Å². The van der Waals surface area contributed by atoms with Gasteiger partial charge in [0.2, 0.25) is 0 Å². The topological polar surface area (TPSA) is 17.1 Å². The first kappa shape index (κ1) is 3.49. The Kier molecular flexibility index (Phi) is 0.975. The molecule has 0 spiro atoms. The van der Waals surface area contributed by atoms with E-state index in [-0.39, 0.29) is 0 Å². The molecule has 3 heteroatoms. The normalized spacial score (nSPS) is 15.0. The molecule has 0 saturated heterocycles. The molecule has 0 aliphatic rings. The predicted octanol–water partition coefficient (Wildman–Crippen LogP) is 2.20. The lowest BCUT2D eigenvalue weighted by atomic mass is 10.2. The summed E-state index contributed by atoms with van der Waals surface area (Å²) in [6, 6.07) is -3.31. The molecule has 0 saturated carbocycles. The Balaban J connectivity index is 3.68. The van der Waals surface area contributed by atoms with Crippen molar-refractivity contribution in [3.05, 3.63) is 35.6 Å². The van der Waals surface area contributed by atoms with Gasteiger partial charge in [0.15, 0.2) is 0 Å². The molecule has 0 bridgehead atoms. The van der Waals surface area contributed by atoms with Crippen molar-refractivity contribution in [1.29, 1.82) is 0 Å². The minimum Gasteiger partial charge on any atom is -0.276 e. The van der Waals surface area contributed by atoms with Gasteiger partial charge in [-0.2, -0.15) is 0 Å². The van der Waals surface area contributed by atoms with Crippen LogP contribution in [0.1, 0.15) is 15.8 Å². The summed E-state index contributed by atoms with van der Waals surface area (Å²) in [6.45, 7) is 0. The molecule has 0 atom stereocenters. The van der Waals surface area contributed by atoms with Crippen molar-refractivity contribution in [2.45, 2.75) is 0 Å². The minimum atomic E-state index is -1.29. The van der Waals surface area contributed by atoms with Gasteiger partial charge < -0.3 is 0 Å². The lowest BCUT2D eigenvalue weighted by Gasteiger charge is -1.90. The molecule has 0 radical (unpaired) electrons. The monoisotopic (exact) mass is 162 g/mol. The van der Waals surface area contributed by atoms with Crippen molar-refractivity contribution in [3.63, 3.8) is 0 Å². The van der Waals surface area contributed by atoms with Crippen LogP contribution in [0.25, 0.3) is 0 Å². The van der Waals surface area contributed by atoms with Gasteiger partial charge in [-0.25, -0.2) is 4.39 Å². The van der Waals surface area contributed by atoms with Crippen LogP contribution in [0.5, 0.6) is 0 Å². The van der Waals surface area contributed by atoms with Crippen molar-refractivity contribution in [3.8, 4) is 0 Å². The third-order valence-corrected chi connectivity index (χ3v) is 0.980. The number of halogens is 2. The van der Waals surface area contributed by atoms with Gasteiger partial charge in [0.25, 0.3) is 5.24 Å². The Labute approximate surface area is 68.0 Å². The van der Waals surface area contributed by atoms with Gasteiger partial charge in [-0.15, -0.1) is 0 Å². The van der Waals surface area contributed by atoms with Gasteiger partial charge in [0.1, 0.15) is 5.82 Å². The standard InChI is InChI=1S/C7H4ClFO/c8-7(10)5-1-3-6(9)4-2-5/h1-4H/i1D,2D,3D,4D. The zero-order valence-corrected chi connectivity index (χ0v) is 5.42. The Hall–Kier alpha value is -0.890. The quantitative estimate of drug-likeness (QED) is 0.579. The number of benzene rings is 1. The first-order valence-electron chi connectivity index (χ1n) is 4.33. The first-order valence-corrected chi connectivity index (χ1v) is 2.71. The molecule has 1 nitrogen and oxygen atoms in total. The number of hydrogen-bond acceptors (Lipinski definition) is 1. The van der Waals surface area contributed by atoms with Crippen LogP contribution in [0.2, 0.25) is 0 Å². The van der Waals surface area contributed by atoms with E-state index in [4.69, 9.17) is 17.1 Å². The SMILES string of the molecule is [2H]c1c([2H])c(C(=O)Cl)c([2H])c([2H])c1F. The second-order valence-corrected chi connectivity index (χ2v) is 1.81. The fraction of sp³-hybridized carbons (Fsp3) is 0. The van der Waals surface area contributed by atoms with Gasteiger partial charge >= 0.3 is 0 Å². The molecule has 1 aromatic carbocycles. The molecule has 0 aromatic heterocycles. The Morgan fingerprint density at radius 2 is 2.00 bits per heavy atom. The zero-order chi connectivity index (χ0) is 11.0. The lowest BCUT2D eigenvalue weighted by Crippen LogP contribution is -1.87. The van der Waals surface area contributed by atoms with Crippen LogP contribution in [-0.2, 0) is 0 Å². The zero-order valence-electron chi connectivity index (χ0n) is 8.66. The highest BCUT2D eigenvalue weighted by Crippen LogP contribution is 2.04. The van der Waals surface area contributed by atoms with Crippen molar-refractivity contribution < 1.29 is 14.7 Å². The average molecular weight is 163 g/mol. The molecule has 0 unspecified atom stereocenters. The maximum absolute atomic E-state index is 12.9. The Morgan fingerprint density at radius 3 is 2.40 bits per heavy atom. The minimum absolute atomic E-state index is 0.608. The van der Waals surface area contributed by atoms with E-state index in [0.717, 1.165) is 0 Å². The molecule has 0 aliphatic heterocycles. The molecule has 52 valence electrons. The number of carbonyl (C=O) groups excluding carboxylic acids is 1. The molecule has 0 heterocycles. The summed E-state index contributed by atoms with van der Waals surface area (Å²) in [5.41, 5.74) is -0.608. The summed E-state index contributed by atoms with van der Waals surface area (Å²) in [5.74, 6) is -1.29. The third kappa shape index (κ3) is 1.54. The smallest absolute Gasteiger partial charge is 0.252 e. The van der Waals surface area contributed by atoms with Crippen molar-refractivity contribution >= 4 is 16.8 Å². The van der Waals surface area contributed by atoms with Crippen LogP contribution in [0.4, 0.5) is 4.39 Å². The van der Waals surface area contributed by atoms with Crippen LogP contribution >= 0.6 is 11.6 Å². The van der Waals surface area contributed by atoms with E-state index in [0.29, 0.717) is 0 Å². The van der Waals surface area contributed by atoms with Crippen molar-refractivity contribution in [2.24, 2.45) is 0 Å². The van der Waals surface area contributed by atoms with E-state index < -0.39 is 40.8 Å². The molecule has 1 aromatic rings. The van der Waals surface area contributed by atoms with Crippen LogP contribution in [0.3, 0.4) is 0 Å². The maximum atomic E-state index is 12.9. The molecule has 0 N–H and O–H groups in total. The molecule has 1 rings (SSSR count). The van der Waals surface area contributed by atoms with E-state index in [9.17, 15) is 9.18 Å². The van der Waals surface area contributed by atoms with Crippen molar-refractivity contribution in [1.82, 2.24) is 0 Å².